The summed E-state index contributed by atoms with van der Waals surface area (Å²) in [5.41, 5.74) is 5.03. The number of rotatable bonds is 7. The number of hydrogen-bond donors (Lipinski definition) is 2. The first-order valence-corrected chi connectivity index (χ1v) is 11.4. The lowest BCUT2D eigenvalue weighted by molar-refractivity contribution is 0.441. The lowest BCUT2D eigenvalue weighted by Crippen LogP contribution is -2.05. The Labute approximate surface area is 199 Å². The standard InChI is InChI=1S/C23H20ClN7OS/c1-14-13-33-23(28-14)29-17-5-8-19-20(9-17)31(2)21(30-19)25-10-15-3-6-18(7-4-15)32-22-26-11-16(24)12-27-22/h3-9,11-13H,10H2,1-2H3,(H,25,30)(H,28,29). The molecule has 0 aliphatic rings. The van der Waals surface area contributed by atoms with Crippen LogP contribution in [0.1, 0.15) is 11.3 Å². The fraction of sp³-hybridized carbons (Fsp3) is 0.130. The Balaban J connectivity index is 1.25. The summed E-state index contributed by atoms with van der Waals surface area (Å²) in [7, 11) is 2.00. The Kier molecular flexibility index (Phi) is 5.80. The highest BCUT2D eigenvalue weighted by atomic mass is 35.5. The topological polar surface area (TPSA) is 89.8 Å². The predicted octanol–water partition coefficient (Wildman–Crippen LogP) is 5.93. The van der Waals surface area contributed by atoms with Crippen molar-refractivity contribution in [1.29, 1.82) is 0 Å². The van der Waals surface area contributed by atoms with Crippen LogP contribution in [0.5, 0.6) is 11.8 Å². The molecule has 8 nitrogen and oxygen atoms in total. The van der Waals surface area contributed by atoms with Gasteiger partial charge in [-0.05, 0) is 42.8 Å². The van der Waals surface area contributed by atoms with Crippen LogP contribution >= 0.6 is 22.9 Å². The van der Waals surface area contributed by atoms with E-state index in [0.717, 1.165) is 39.1 Å². The van der Waals surface area contributed by atoms with Crippen LogP contribution in [0.4, 0.5) is 16.8 Å². The number of nitrogens with one attached hydrogen (secondary N) is 2. The molecule has 0 fully saturated rings. The molecule has 5 rings (SSSR count). The van der Waals surface area contributed by atoms with Gasteiger partial charge in [-0.15, -0.1) is 11.3 Å². The highest BCUT2D eigenvalue weighted by molar-refractivity contribution is 7.13. The van der Waals surface area contributed by atoms with Gasteiger partial charge in [0.25, 0.3) is 0 Å². The summed E-state index contributed by atoms with van der Waals surface area (Å²) in [5, 5.41) is 10.1. The van der Waals surface area contributed by atoms with Crippen LogP contribution in [0.15, 0.2) is 60.2 Å². The molecule has 0 bridgehead atoms. The van der Waals surface area contributed by atoms with E-state index in [-0.39, 0.29) is 6.01 Å². The molecule has 0 saturated carbocycles. The van der Waals surface area contributed by atoms with E-state index in [2.05, 4.69) is 31.7 Å². The summed E-state index contributed by atoms with van der Waals surface area (Å²) >= 11 is 7.39. The van der Waals surface area contributed by atoms with Crippen LogP contribution in [-0.4, -0.2) is 24.5 Å². The Morgan fingerprint density at radius 1 is 1.06 bits per heavy atom. The lowest BCUT2D eigenvalue weighted by atomic mass is 10.2. The third-order valence-electron chi connectivity index (χ3n) is 4.93. The average Bonchev–Trinajstić information content (AvgIpc) is 3.37. The molecular formula is C23H20ClN7OS. The molecule has 0 aliphatic carbocycles. The lowest BCUT2D eigenvalue weighted by Gasteiger charge is -2.08. The van der Waals surface area contributed by atoms with E-state index >= 15 is 0 Å². The minimum absolute atomic E-state index is 0.254. The highest BCUT2D eigenvalue weighted by Crippen LogP contribution is 2.26. The number of fused-ring (bicyclic) bond motifs is 1. The van der Waals surface area contributed by atoms with Gasteiger partial charge < -0.3 is 19.9 Å². The van der Waals surface area contributed by atoms with Gasteiger partial charge in [-0.25, -0.2) is 19.9 Å². The normalized spacial score (nSPS) is 11.0. The van der Waals surface area contributed by atoms with Gasteiger partial charge in [0, 0.05) is 24.7 Å². The molecule has 0 atom stereocenters. The first-order valence-electron chi connectivity index (χ1n) is 10.2. The zero-order valence-corrected chi connectivity index (χ0v) is 19.5. The van der Waals surface area contributed by atoms with Crippen LogP contribution in [-0.2, 0) is 13.6 Å². The average molecular weight is 478 g/mol. The number of aryl methyl sites for hydroxylation is 2. The summed E-state index contributed by atoms with van der Waals surface area (Å²) < 4.78 is 7.68. The minimum Gasteiger partial charge on any atom is -0.424 e. The Morgan fingerprint density at radius 3 is 2.58 bits per heavy atom. The first-order chi connectivity index (χ1) is 16.0. The molecule has 0 aliphatic heterocycles. The molecule has 0 saturated heterocycles. The molecule has 0 unspecified atom stereocenters. The number of aromatic nitrogens is 5. The second-order valence-electron chi connectivity index (χ2n) is 7.40. The Morgan fingerprint density at radius 2 is 1.85 bits per heavy atom. The van der Waals surface area contributed by atoms with Crippen molar-refractivity contribution in [3.63, 3.8) is 0 Å². The number of hydrogen-bond acceptors (Lipinski definition) is 8. The van der Waals surface area contributed by atoms with Crippen molar-refractivity contribution in [2.24, 2.45) is 7.05 Å². The fourth-order valence-electron chi connectivity index (χ4n) is 3.28. The zero-order valence-electron chi connectivity index (χ0n) is 17.9. The summed E-state index contributed by atoms with van der Waals surface area (Å²) in [6, 6.07) is 14.1. The first kappa shape index (κ1) is 21.2. The SMILES string of the molecule is Cc1csc(Nc2ccc3nc(NCc4ccc(Oc5ncc(Cl)cn5)cc4)n(C)c3c2)n1. The van der Waals surface area contributed by atoms with Gasteiger partial charge >= 0.3 is 6.01 Å². The highest BCUT2D eigenvalue weighted by Gasteiger charge is 2.09. The summed E-state index contributed by atoms with van der Waals surface area (Å²) in [4.78, 5) is 17.3. The molecule has 0 spiro atoms. The van der Waals surface area contributed by atoms with E-state index < -0.39 is 0 Å². The molecule has 3 heterocycles. The van der Waals surface area contributed by atoms with Crippen LogP contribution in [0, 0.1) is 6.92 Å². The molecule has 33 heavy (non-hydrogen) atoms. The smallest absolute Gasteiger partial charge is 0.321 e. The van der Waals surface area contributed by atoms with E-state index in [0.29, 0.717) is 17.3 Å². The van der Waals surface area contributed by atoms with Gasteiger partial charge in [-0.2, -0.15) is 0 Å². The number of ether oxygens (including phenoxy) is 1. The Bertz CT molecular complexity index is 1400. The van der Waals surface area contributed by atoms with Crippen molar-refractivity contribution in [2.75, 3.05) is 10.6 Å². The van der Waals surface area contributed by atoms with Crippen molar-refractivity contribution in [1.82, 2.24) is 24.5 Å². The largest absolute Gasteiger partial charge is 0.424 e. The Hall–Kier alpha value is -3.69. The van der Waals surface area contributed by atoms with Crippen LogP contribution in [0.2, 0.25) is 5.02 Å². The quantitative estimate of drug-likeness (QED) is 0.300. The molecule has 2 N–H and O–H groups in total. The van der Waals surface area contributed by atoms with Gasteiger partial charge in [0.05, 0.1) is 34.1 Å². The molecule has 5 aromatic rings. The monoisotopic (exact) mass is 477 g/mol. The number of nitrogens with zero attached hydrogens (tertiary/aromatic N) is 5. The van der Waals surface area contributed by atoms with Crippen molar-refractivity contribution < 1.29 is 4.74 Å². The molecule has 10 heteroatoms. The maximum absolute atomic E-state index is 5.80. The van der Waals surface area contributed by atoms with Gasteiger partial charge in [-0.1, -0.05) is 23.7 Å². The van der Waals surface area contributed by atoms with Gasteiger partial charge in [0.1, 0.15) is 5.75 Å². The zero-order chi connectivity index (χ0) is 22.8. The van der Waals surface area contributed by atoms with Crippen LogP contribution in [0.25, 0.3) is 11.0 Å². The van der Waals surface area contributed by atoms with Crippen LogP contribution < -0.4 is 15.4 Å². The third-order valence-corrected chi connectivity index (χ3v) is 6.00. The predicted molar refractivity (Wildman–Crippen MR) is 132 cm³/mol. The maximum atomic E-state index is 5.80. The van der Waals surface area contributed by atoms with E-state index in [1.165, 1.54) is 12.4 Å². The van der Waals surface area contributed by atoms with Gasteiger partial charge in [0.15, 0.2) is 5.13 Å². The number of benzene rings is 2. The van der Waals surface area contributed by atoms with Crippen molar-refractivity contribution in [3.8, 4) is 11.8 Å². The number of halogens is 1. The van der Waals surface area contributed by atoms with Gasteiger partial charge in [0.2, 0.25) is 5.95 Å². The third kappa shape index (κ3) is 4.89. The van der Waals surface area contributed by atoms with Crippen LogP contribution in [0.3, 0.4) is 0 Å². The second-order valence-corrected chi connectivity index (χ2v) is 8.69. The van der Waals surface area contributed by atoms with E-state index in [1.807, 2.05) is 60.3 Å². The summed E-state index contributed by atoms with van der Waals surface area (Å²) in [5.74, 6) is 1.45. The second kappa shape index (κ2) is 9.05. The number of anilines is 3. The molecule has 0 radical (unpaired) electrons. The molecule has 2 aromatic carbocycles. The molecular weight excluding hydrogens is 458 g/mol. The molecule has 166 valence electrons. The molecule has 3 aromatic heterocycles. The van der Waals surface area contributed by atoms with Crippen molar-refractivity contribution in [3.05, 3.63) is 76.5 Å². The number of imidazole rings is 1. The molecule has 0 amide bonds. The minimum atomic E-state index is 0.254. The van der Waals surface area contributed by atoms with E-state index in [9.17, 15) is 0 Å². The number of thiazole rings is 1. The summed E-state index contributed by atoms with van der Waals surface area (Å²) in [6.45, 7) is 2.61. The van der Waals surface area contributed by atoms with Crippen molar-refractivity contribution in [2.45, 2.75) is 13.5 Å². The fourth-order valence-corrected chi connectivity index (χ4v) is 4.08. The van der Waals surface area contributed by atoms with Crippen molar-refractivity contribution >= 4 is 50.7 Å². The summed E-state index contributed by atoms with van der Waals surface area (Å²) in [6.07, 6.45) is 3.00. The van der Waals surface area contributed by atoms with E-state index in [1.54, 1.807) is 11.3 Å². The van der Waals surface area contributed by atoms with Gasteiger partial charge in [-0.3, -0.25) is 0 Å². The maximum Gasteiger partial charge on any atom is 0.321 e. The van der Waals surface area contributed by atoms with E-state index in [4.69, 9.17) is 21.3 Å².